The molecule has 0 amide bonds. The number of nitrogens with one attached hydrogen (secondary N) is 1. The highest BCUT2D eigenvalue weighted by Gasteiger charge is 2.11. The molecule has 0 bridgehead atoms. The number of aromatic nitrogens is 2. The number of methoxy groups -OCH3 is 1. The van der Waals surface area contributed by atoms with Gasteiger partial charge in [-0.2, -0.15) is 5.10 Å². The first-order chi connectivity index (χ1) is 9.71. The average molecular weight is 273 g/mol. The Kier molecular flexibility index (Phi) is 4.53. The zero-order valence-electron chi connectivity index (χ0n) is 12.0. The third-order valence-corrected chi connectivity index (χ3v) is 3.10. The van der Waals surface area contributed by atoms with Gasteiger partial charge in [-0.05, 0) is 32.2 Å². The summed E-state index contributed by atoms with van der Waals surface area (Å²) in [5.41, 5.74) is 2.27. The Bertz CT molecular complexity index is 650. The summed E-state index contributed by atoms with van der Waals surface area (Å²) in [6.07, 6.45) is 0. The van der Waals surface area contributed by atoms with Gasteiger partial charge >= 0.3 is 0 Å². The van der Waals surface area contributed by atoms with Crippen molar-refractivity contribution in [1.82, 2.24) is 15.1 Å². The summed E-state index contributed by atoms with van der Waals surface area (Å²) in [6.45, 7) is 2.96. The minimum Gasteiger partial charge on any atom is -0.496 e. The molecule has 1 aromatic heterocycles. The molecule has 0 saturated heterocycles. The standard InChI is InChI=1S/C15H19N3O2/c1-4-18-15(19)11(10-16-2)9-13(17-18)12-7-5-6-8-14(12)20-3/h5-9,16H,4,10H2,1-3H3. The van der Waals surface area contributed by atoms with Crippen LogP contribution in [0.25, 0.3) is 11.3 Å². The van der Waals surface area contributed by atoms with Crippen LogP contribution in [0.3, 0.4) is 0 Å². The molecule has 0 fully saturated rings. The lowest BCUT2D eigenvalue weighted by Gasteiger charge is -2.11. The van der Waals surface area contributed by atoms with Crippen molar-refractivity contribution in [2.45, 2.75) is 20.0 Å². The molecule has 20 heavy (non-hydrogen) atoms. The Hall–Kier alpha value is -2.14. The van der Waals surface area contributed by atoms with Crippen molar-refractivity contribution in [3.63, 3.8) is 0 Å². The van der Waals surface area contributed by atoms with Crippen LogP contribution >= 0.6 is 0 Å². The molecule has 5 nitrogen and oxygen atoms in total. The molecule has 2 rings (SSSR count). The second-order valence-electron chi connectivity index (χ2n) is 4.41. The molecule has 1 aromatic carbocycles. The first kappa shape index (κ1) is 14.3. The largest absolute Gasteiger partial charge is 0.496 e. The summed E-state index contributed by atoms with van der Waals surface area (Å²) in [5, 5.41) is 7.42. The fourth-order valence-corrected chi connectivity index (χ4v) is 2.12. The second kappa shape index (κ2) is 6.34. The van der Waals surface area contributed by atoms with Crippen LogP contribution in [-0.4, -0.2) is 23.9 Å². The Morgan fingerprint density at radius 3 is 2.75 bits per heavy atom. The van der Waals surface area contributed by atoms with Gasteiger partial charge in [0.1, 0.15) is 5.75 Å². The topological polar surface area (TPSA) is 56.1 Å². The molecule has 1 N–H and O–H groups in total. The Labute approximate surface area is 118 Å². The molecule has 1 heterocycles. The van der Waals surface area contributed by atoms with Gasteiger partial charge in [-0.25, -0.2) is 4.68 Å². The zero-order chi connectivity index (χ0) is 14.5. The van der Waals surface area contributed by atoms with Gasteiger partial charge in [0.15, 0.2) is 0 Å². The Balaban J connectivity index is 2.62. The van der Waals surface area contributed by atoms with E-state index in [1.165, 1.54) is 4.68 Å². The summed E-state index contributed by atoms with van der Waals surface area (Å²) in [6, 6.07) is 9.49. The maximum Gasteiger partial charge on any atom is 0.271 e. The molecule has 0 radical (unpaired) electrons. The van der Waals surface area contributed by atoms with E-state index in [1.54, 1.807) is 7.11 Å². The van der Waals surface area contributed by atoms with Gasteiger partial charge < -0.3 is 10.1 Å². The highest BCUT2D eigenvalue weighted by molar-refractivity contribution is 5.67. The van der Waals surface area contributed by atoms with E-state index in [4.69, 9.17) is 4.74 Å². The number of ether oxygens (including phenoxy) is 1. The van der Waals surface area contributed by atoms with Crippen molar-refractivity contribution in [3.05, 3.63) is 46.2 Å². The van der Waals surface area contributed by atoms with Gasteiger partial charge in [-0.15, -0.1) is 0 Å². The summed E-state index contributed by atoms with van der Waals surface area (Å²) in [7, 11) is 3.45. The van der Waals surface area contributed by atoms with E-state index in [-0.39, 0.29) is 5.56 Å². The summed E-state index contributed by atoms with van der Waals surface area (Å²) in [5.74, 6) is 0.747. The van der Waals surface area contributed by atoms with Gasteiger partial charge in [0.25, 0.3) is 5.56 Å². The number of hydrogen-bond acceptors (Lipinski definition) is 4. The highest BCUT2D eigenvalue weighted by Crippen LogP contribution is 2.27. The van der Waals surface area contributed by atoms with E-state index in [9.17, 15) is 4.79 Å². The van der Waals surface area contributed by atoms with Crippen LogP contribution in [0.15, 0.2) is 35.1 Å². The zero-order valence-corrected chi connectivity index (χ0v) is 12.0. The van der Waals surface area contributed by atoms with Crippen molar-refractivity contribution in [1.29, 1.82) is 0 Å². The lowest BCUT2D eigenvalue weighted by molar-refractivity contribution is 0.416. The smallest absolute Gasteiger partial charge is 0.271 e. The van der Waals surface area contributed by atoms with E-state index in [0.29, 0.717) is 18.7 Å². The van der Waals surface area contributed by atoms with Crippen molar-refractivity contribution in [3.8, 4) is 17.0 Å². The van der Waals surface area contributed by atoms with Crippen LogP contribution in [0.5, 0.6) is 5.75 Å². The number of rotatable bonds is 5. The van der Waals surface area contributed by atoms with Crippen LogP contribution < -0.4 is 15.6 Å². The predicted octanol–water partition coefficient (Wildman–Crippen LogP) is 1.66. The van der Waals surface area contributed by atoms with Crippen LogP contribution in [0.4, 0.5) is 0 Å². The lowest BCUT2D eigenvalue weighted by Crippen LogP contribution is -2.28. The molecule has 2 aromatic rings. The summed E-state index contributed by atoms with van der Waals surface area (Å²) in [4.78, 5) is 12.2. The van der Waals surface area contributed by atoms with Crippen molar-refractivity contribution >= 4 is 0 Å². The molecule has 0 saturated carbocycles. The van der Waals surface area contributed by atoms with Crippen molar-refractivity contribution < 1.29 is 4.74 Å². The molecule has 0 unspecified atom stereocenters. The minimum absolute atomic E-state index is 0.0551. The molecular weight excluding hydrogens is 254 g/mol. The van der Waals surface area contributed by atoms with Crippen molar-refractivity contribution in [2.24, 2.45) is 0 Å². The number of para-hydroxylation sites is 1. The SMILES string of the molecule is CCn1nc(-c2ccccc2OC)cc(CNC)c1=O. The molecule has 0 atom stereocenters. The van der Waals surface area contributed by atoms with Crippen LogP contribution in [0.1, 0.15) is 12.5 Å². The molecule has 5 heteroatoms. The number of nitrogens with zero attached hydrogens (tertiary/aromatic N) is 2. The Morgan fingerprint density at radius 2 is 2.10 bits per heavy atom. The van der Waals surface area contributed by atoms with Gasteiger partial charge in [0.2, 0.25) is 0 Å². The van der Waals surface area contributed by atoms with Crippen LogP contribution in [-0.2, 0) is 13.1 Å². The van der Waals surface area contributed by atoms with E-state index in [2.05, 4.69) is 10.4 Å². The fourth-order valence-electron chi connectivity index (χ4n) is 2.12. The third kappa shape index (κ3) is 2.72. The van der Waals surface area contributed by atoms with E-state index in [1.807, 2.05) is 44.3 Å². The fraction of sp³-hybridized carbons (Fsp3) is 0.333. The van der Waals surface area contributed by atoms with Gasteiger partial charge in [0.05, 0.1) is 12.8 Å². The number of hydrogen-bond donors (Lipinski definition) is 1. The Morgan fingerprint density at radius 1 is 1.35 bits per heavy atom. The number of benzene rings is 1. The quantitative estimate of drug-likeness (QED) is 0.900. The minimum atomic E-state index is -0.0551. The van der Waals surface area contributed by atoms with Gasteiger partial charge in [-0.3, -0.25) is 4.79 Å². The lowest BCUT2D eigenvalue weighted by atomic mass is 10.1. The predicted molar refractivity (Wildman–Crippen MR) is 78.9 cm³/mol. The molecule has 0 aliphatic rings. The monoisotopic (exact) mass is 273 g/mol. The molecule has 0 spiro atoms. The maximum absolute atomic E-state index is 12.2. The third-order valence-electron chi connectivity index (χ3n) is 3.10. The van der Waals surface area contributed by atoms with Crippen LogP contribution in [0, 0.1) is 0 Å². The average Bonchev–Trinajstić information content (AvgIpc) is 2.49. The van der Waals surface area contributed by atoms with Gasteiger partial charge in [-0.1, -0.05) is 12.1 Å². The number of aryl methyl sites for hydroxylation is 1. The van der Waals surface area contributed by atoms with E-state index in [0.717, 1.165) is 17.0 Å². The van der Waals surface area contributed by atoms with E-state index >= 15 is 0 Å². The first-order valence-electron chi connectivity index (χ1n) is 6.60. The normalized spacial score (nSPS) is 10.6. The first-order valence-corrected chi connectivity index (χ1v) is 6.60. The molecular formula is C15H19N3O2. The van der Waals surface area contributed by atoms with Crippen molar-refractivity contribution in [2.75, 3.05) is 14.2 Å². The van der Waals surface area contributed by atoms with E-state index < -0.39 is 0 Å². The summed E-state index contributed by atoms with van der Waals surface area (Å²) >= 11 is 0. The molecule has 106 valence electrons. The molecule has 0 aliphatic carbocycles. The maximum atomic E-state index is 12.2. The molecule has 0 aliphatic heterocycles. The van der Waals surface area contributed by atoms with Crippen LogP contribution in [0.2, 0.25) is 0 Å². The highest BCUT2D eigenvalue weighted by atomic mass is 16.5. The summed E-state index contributed by atoms with van der Waals surface area (Å²) < 4.78 is 6.84. The van der Waals surface area contributed by atoms with Gasteiger partial charge in [0, 0.05) is 24.2 Å². The second-order valence-corrected chi connectivity index (χ2v) is 4.41.